The molecule has 0 heterocycles. The summed E-state index contributed by atoms with van der Waals surface area (Å²) in [4.78, 5) is 12.0. The molecule has 2 rings (SSSR count). The summed E-state index contributed by atoms with van der Waals surface area (Å²) in [6.45, 7) is 3.42. The van der Waals surface area contributed by atoms with E-state index in [1.807, 2.05) is 48.5 Å². The molecule has 0 aromatic heterocycles. The lowest BCUT2D eigenvalue weighted by molar-refractivity contribution is 0.0949. The summed E-state index contributed by atoms with van der Waals surface area (Å²) in [6, 6.07) is 15.1. The number of benzene rings is 2. The number of carbonyl (C=O) groups is 1. The quantitative estimate of drug-likeness (QED) is 0.599. The highest BCUT2D eigenvalue weighted by atomic mass is 16.1. The van der Waals surface area contributed by atoms with Gasteiger partial charge in [0.2, 0.25) is 0 Å². The smallest absolute Gasteiger partial charge is 0.159 e. The van der Waals surface area contributed by atoms with E-state index < -0.39 is 5.31 Å². The monoisotopic (exact) mass is 244 g/mol. The molecule has 0 unspecified atom stereocenters. The van der Waals surface area contributed by atoms with Crippen LogP contribution in [0.3, 0.4) is 0 Å². The molecule has 0 N–H and O–H groups in total. The normalized spacial score (nSPS) is 11.3. The van der Waals surface area contributed by atoms with Crippen LogP contribution in [-0.2, 0) is 0 Å². The highest BCUT2D eigenvalue weighted by Crippen LogP contribution is 2.26. The zero-order chi connectivity index (χ0) is 14.0. The van der Waals surface area contributed by atoms with Gasteiger partial charge in [0.05, 0.1) is 7.85 Å². The van der Waals surface area contributed by atoms with E-state index in [4.69, 9.17) is 15.7 Å². The van der Waals surface area contributed by atoms with Crippen molar-refractivity contribution < 1.29 is 4.79 Å². The number of ketones is 1. The number of carbonyl (C=O) groups excluding carboxylic acids is 1. The Morgan fingerprint density at radius 2 is 1.32 bits per heavy atom. The van der Waals surface area contributed by atoms with E-state index in [1.54, 1.807) is 13.8 Å². The minimum Gasteiger partial charge on any atom is -0.294 e. The van der Waals surface area contributed by atoms with Gasteiger partial charge >= 0.3 is 0 Å². The number of hydrogen-bond donors (Lipinski definition) is 0. The van der Waals surface area contributed by atoms with E-state index in [0.717, 1.165) is 16.6 Å². The summed E-state index contributed by atoms with van der Waals surface area (Å²) in [7, 11) is 11.5. The van der Waals surface area contributed by atoms with Crippen LogP contribution in [0, 0.1) is 0 Å². The van der Waals surface area contributed by atoms with Crippen LogP contribution in [0.4, 0.5) is 0 Å². The third-order valence-corrected chi connectivity index (χ3v) is 2.98. The zero-order valence-electron chi connectivity index (χ0n) is 11.2. The van der Waals surface area contributed by atoms with Gasteiger partial charge in [0.1, 0.15) is 7.85 Å². The number of Topliss-reactive ketones (excluding diaryl/α,β-unsaturated/α-hetero) is 1. The van der Waals surface area contributed by atoms with Crippen molar-refractivity contribution in [2.75, 3.05) is 0 Å². The Hall–Kier alpha value is -1.76. The molecule has 4 radical (unpaired) electrons. The second-order valence-corrected chi connectivity index (χ2v) is 5.25. The standard InChI is InChI=1S/C16H14B2O/c1-16(2,18)15(19)13-5-3-11(4-6-13)12-7-9-14(17)10-8-12/h3-10H,1-2H3. The van der Waals surface area contributed by atoms with Gasteiger partial charge in [0, 0.05) is 5.56 Å². The molecule has 0 aliphatic carbocycles. The van der Waals surface area contributed by atoms with Crippen molar-refractivity contribution in [2.45, 2.75) is 19.2 Å². The predicted octanol–water partition coefficient (Wildman–Crippen LogP) is 2.70. The largest absolute Gasteiger partial charge is 0.294 e. The molecule has 0 bridgehead atoms. The fourth-order valence-corrected chi connectivity index (χ4v) is 1.86. The van der Waals surface area contributed by atoms with Gasteiger partial charge in [-0.2, -0.15) is 0 Å². The van der Waals surface area contributed by atoms with Gasteiger partial charge in [-0.05, 0) is 16.4 Å². The summed E-state index contributed by atoms with van der Waals surface area (Å²) >= 11 is 0. The molecule has 0 fully saturated rings. The minimum absolute atomic E-state index is 0.0589. The van der Waals surface area contributed by atoms with Crippen LogP contribution < -0.4 is 5.46 Å². The number of rotatable bonds is 3. The lowest BCUT2D eigenvalue weighted by Crippen LogP contribution is -2.17. The molecule has 3 heteroatoms. The third-order valence-electron chi connectivity index (χ3n) is 2.98. The van der Waals surface area contributed by atoms with Gasteiger partial charge in [-0.25, -0.2) is 0 Å². The highest BCUT2D eigenvalue weighted by molar-refractivity contribution is 6.32. The van der Waals surface area contributed by atoms with E-state index in [2.05, 4.69) is 0 Å². The van der Waals surface area contributed by atoms with E-state index >= 15 is 0 Å². The maximum Gasteiger partial charge on any atom is 0.159 e. The van der Waals surface area contributed by atoms with Crippen LogP contribution in [0.5, 0.6) is 0 Å². The molecule has 0 aliphatic rings. The van der Waals surface area contributed by atoms with Crippen molar-refractivity contribution in [3.05, 3.63) is 54.1 Å². The Kier molecular flexibility index (Phi) is 3.66. The Morgan fingerprint density at radius 1 is 0.895 bits per heavy atom. The molecule has 0 atom stereocenters. The van der Waals surface area contributed by atoms with Crippen LogP contribution in [0.25, 0.3) is 11.1 Å². The molecule has 90 valence electrons. The lowest BCUT2D eigenvalue weighted by atomic mass is 9.67. The van der Waals surface area contributed by atoms with Crippen molar-refractivity contribution in [1.82, 2.24) is 0 Å². The first-order chi connectivity index (χ1) is 8.88. The molecular formula is C16H14B2O. The predicted molar refractivity (Wildman–Crippen MR) is 81.4 cm³/mol. The summed E-state index contributed by atoms with van der Waals surface area (Å²) in [5.41, 5.74) is 3.48. The van der Waals surface area contributed by atoms with Crippen molar-refractivity contribution >= 4 is 26.9 Å². The van der Waals surface area contributed by atoms with E-state index in [9.17, 15) is 4.79 Å². The fraction of sp³-hybridized carbons (Fsp3) is 0.188. The third kappa shape index (κ3) is 3.17. The first-order valence-electron chi connectivity index (χ1n) is 6.17. The van der Waals surface area contributed by atoms with Crippen LogP contribution in [0.1, 0.15) is 24.2 Å². The molecule has 19 heavy (non-hydrogen) atoms. The molecule has 0 saturated carbocycles. The van der Waals surface area contributed by atoms with Gasteiger partial charge in [0.15, 0.2) is 5.78 Å². The van der Waals surface area contributed by atoms with Crippen LogP contribution in [-0.4, -0.2) is 21.5 Å². The van der Waals surface area contributed by atoms with Crippen LogP contribution in [0.15, 0.2) is 48.5 Å². The molecule has 0 amide bonds. The second kappa shape index (κ2) is 5.08. The SMILES string of the molecule is [B]c1ccc(-c2ccc(C(=O)C([B])(C)C)cc2)cc1. The fourth-order valence-electron chi connectivity index (χ4n) is 1.86. The summed E-state index contributed by atoms with van der Waals surface area (Å²) in [6.07, 6.45) is 0. The Morgan fingerprint density at radius 3 is 1.74 bits per heavy atom. The Balaban J connectivity index is 2.28. The van der Waals surface area contributed by atoms with Gasteiger partial charge in [-0.3, -0.25) is 4.79 Å². The molecule has 0 saturated heterocycles. The molecular weight excluding hydrogens is 230 g/mol. The van der Waals surface area contributed by atoms with Gasteiger partial charge in [-0.15, -0.1) is 0 Å². The first kappa shape index (κ1) is 13.7. The molecule has 2 aromatic carbocycles. The molecule has 2 aromatic rings. The Bertz CT molecular complexity index is 578. The lowest BCUT2D eigenvalue weighted by Gasteiger charge is -2.17. The maximum absolute atomic E-state index is 12.0. The minimum atomic E-state index is -0.845. The van der Waals surface area contributed by atoms with Gasteiger partial charge in [0.25, 0.3) is 0 Å². The molecule has 0 spiro atoms. The van der Waals surface area contributed by atoms with Gasteiger partial charge < -0.3 is 0 Å². The summed E-state index contributed by atoms with van der Waals surface area (Å²) in [5.74, 6) is -0.0589. The number of hydrogen-bond acceptors (Lipinski definition) is 1. The highest BCUT2D eigenvalue weighted by Gasteiger charge is 2.21. The van der Waals surface area contributed by atoms with Gasteiger partial charge in [-0.1, -0.05) is 67.8 Å². The van der Waals surface area contributed by atoms with E-state index in [1.165, 1.54) is 0 Å². The Labute approximate surface area is 116 Å². The summed E-state index contributed by atoms with van der Waals surface area (Å²) in [5, 5.41) is -0.845. The van der Waals surface area contributed by atoms with E-state index in [-0.39, 0.29) is 5.78 Å². The van der Waals surface area contributed by atoms with Crippen molar-refractivity contribution in [2.24, 2.45) is 0 Å². The first-order valence-corrected chi connectivity index (χ1v) is 6.17. The average molecular weight is 244 g/mol. The molecule has 1 nitrogen and oxygen atoms in total. The van der Waals surface area contributed by atoms with Crippen LogP contribution in [0.2, 0.25) is 5.31 Å². The second-order valence-electron chi connectivity index (χ2n) is 5.25. The van der Waals surface area contributed by atoms with Crippen molar-refractivity contribution in [3.63, 3.8) is 0 Å². The van der Waals surface area contributed by atoms with Crippen LogP contribution >= 0.6 is 0 Å². The van der Waals surface area contributed by atoms with E-state index in [0.29, 0.717) is 5.56 Å². The molecule has 0 aliphatic heterocycles. The maximum atomic E-state index is 12.0. The topological polar surface area (TPSA) is 17.1 Å². The van der Waals surface area contributed by atoms with Crippen molar-refractivity contribution in [3.8, 4) is 11.1 Å². The summed E-state index contributed by atoms with van der Waals surface area (Å²) < 4.78 is 0. The average Bonchev–Trinajstić information content (AvgIpc) is 2.38. The van der Waals surface area contributed by atoms with Crippen molar-refractivity contribution in [1.29, 1.82) is 0 Å². The zero-order valence-corrected chi connectivity index (χ0v) is 11.2.